The second kappa shape index (κ2) is 3.74. The molecule has 0 amide bonds. The fourth-order valence-electron chi connectivity index (χ4n) is 0.680. The Labute approximate surface area is 77.8 Å². The highest BCUT2D eigenvalue weighted by Gasteiger charge is 2.03. The summed E-state index contributed by atoms with van der Waals surface area (Å²) in [7, 11) is 0. The van der Waals surface area contributed by atoms with Gasteiger partial charge < -0.3 is 4.74 Å². The van der Waals surface area contributed by atoms with Crippen molar-refractivity contribution in [1.82, 2.24) is 0 Å². The van der Waals surface area contributed by atoms with E-state index < -0.39 is 11.2 Å². The fraction of sp³-hybridized carbons (Fsp3) is 0. The summed E-state index contributed by atoms with van der Waals surface area (Å²) in [6, 6.07) is 3.38. The molecule has 0 saturated carbocycles. The molecule has 1 aromatic carbocycles. The molecule has 0 heterocycles. The summed E-state index contributed by atoms with van der Waals surface area (Å²) in [5, 5.41) is 0.142. The summed E-state index contributed by atoms with van der Waals surface area (Å²) < 4.78 is 16.9. The molecule has 5 heteroatoms. The minimum absolute atomic E-state index is 0.0139. The van der Waals surface area contributed by atoms with E-state index in [0.717, 1.165) is 12.1 Å². The van der Waals surface area contributed by atoms with Gasteiger partial charge >= 0.3 is 5.43 Å². The van der Waals surface area contributed by atoms with E-state index >= 15 is 0 Å². The van der Waals surface area contributed by atoms with Gasteiger partial charge in [-0.25, -0.2) is 9.18 Å². The van der Waals surface area contributed by atoms with Gasteiger partial charge in [0.25, 0.3) is 0 Å². The Morgan fingerprint density at radius 3 is 2.58 bits per heavy atom. The molecule has 0 unspecified atom stereocenters. The molecule has 0 fully saturated rings. The van der Waals surface area contributed by atoms with Crippen LogP contribution in [0.2, 0.25) is 5.02 Å². The lowest BCUT2D eigenvalue weighted by Crippen LogP contribution is -1.96. The Hall–Kier alpha value is -0.800. The molecule has 1 rings (SSSR count). The molecule has 0 spiro atoms. The maximum atomic E-state index is 12.6. The van der Waals surface area contributed by atoms with Crippen LogP contribution in [0.15, 0.2) is 18.2 Å². The van der Waals surface area contributed by atoms with E-state index in [9.17, 15) is 9.18 Å². The Bertz CT molecular complexity index is 294. The van der Waals surface area contributed by atoms with Gasteiger partial charge in [0.05, 0.1) is 0 Å². The highest BCUT2D eigenvalue weighted by atomic mass is 35.5. The lowest BCUT2D eigenvalue weighted by atomic mass is 10.3. The first kappa shape index (κ1) is 9.29. The van der Waals surface area contributed by atoms with Crippen molar-refractivity contribution >= 4 is 28.6 Å². The van der Waals surface area contributed by atoms with Gasteiger partial charge in [0.15, 0.2) is 0 Å². The highest BCUT2D eigenvalue weighted by Crippen LogP contribution is 2.20. The van der Waals surface area contributed by atoms with Gasteiger partial charge in [-0.3, -0.25) is 0 Å². The largest absolute Gasteiger partial charge is 0.414 e. The molecule has 64 valence electrons. The third-order valence-electron chi connectivity index (χ3n) is 1.03. The van der Waals surface area contributed by atoms with Crippen LogP contribution in [0.3, 0.4) is 0 Å². The third-order valence-corrected chi connectivity index (χ3v) is 1.33. The van der Waals surface area contributed by atoms with E-state index in [2.05, 4.69) is 4.74 Å². The molecule has 0 aliphatic carbocycles. The number of hydrogen-bond donors (Lipinski definition) is 0. The molecule has 2 nitrogen and oxygen atoms in total. The van der Waals surface area contributed by atoms with E-state index in [1.165, 1.54) is 6.07 Å². The normalized spacial score (nSPS) is 9.58. The second-order valence-corrected chi connectivity index (χ2v) is 2.69. The average molecular weight is 209 g/mol. The van der Waals surface area contributed by atoms with E-state index in [0.29, 0.717) is 0 Å². The maximum absolute atomic E-state index is 12.6. The van der Waals surface area contributed by atoms with Crippen molar-refractivity contribution in [3.63, 3.8) is 0 Å². The molecule has 0 atom stereocenters. The fourth-order valence-corrected chi connectivity index (χ4v) is 0.981. The Balaban J connectivity index is 2.93. The van der Waals surface area contributed by atoms with Gasteiger partial charge in [0.1, 0.15) is 11.6 Å². The van der Waals surface area contributed by atoms with Gasteiger partial charge in [-0.1, -0.05) is 11.6 Å². The van der Waals surface area contributed by atoms with E-state index in [1.807, 2.05) is 0 Å². The van der Waals surface area contributed by atoms with Crippen LogP contribution in [0.4, 0.5) is 9.18 Å². The summed E-state index contributed by atoms with van der Waals surface area (Å²) in [5.74, 6) is -0.601. The molecule has 1 aromatic rings. The minimum Gasteiger partial charge on any atom is -0.414 e. The first-order valence-electron chi connectivity index (χ1n) is 2.91. The lowest BCUT2D eigenvalue weighted by molar-refractivity contribution is 0.225. The Kier molecular flexibility index (Phi) is 2.89. The molecular formula is C7H3Cl2FO2. The average Bonchev–Trinajstić information content (AvgIpc) is 1.81. The standard InChI is InChI=1S/C7H3Cl2FO2/c8-4-1-5(10)3-6(2-4)12-7(9)11/h1-3H. The SMILES string of the molecule is O=C(Cl)Oc1cc(F)cc(Cl)c1. The number of rotatable bonds is 1. The summed E-state index contributed by atoms with van der Waals surface area (Å²) in [4.78, 5) is 10.2. The topological polar surface area (TPSA) is 26.3 Å². The van der Waals surface area contributed by atoms with E-state index in [1.54, 1.807) is 0 Å². The summed E-state index contributed by atoms with van der Waals surface area (Å²) >= 11 is 10.3. The van der Waals surface area contributed by atoms with Crippen LogP contribution in [-0.2, 0) is 0 Å². The van der Waals surface area contributed by atoms with Gasteiger partial charge in [0.2, 0.25) is 0 Å². The molecule has 0 aliphatic rings. The van der Waals surface area contributed by atoms with Crippen molar-refractivity contribution in [1.29, 1.82) is 0 Å². The summed E-state index contributed by atoms with van der Waals surface area (Å²) in [6.45, 7) is 0. The first-order valence-corrected chi connectivity index (χ1v) is 3.67. The monoisotopic (exact) mass is 208 g/mol. The van der Waals surface area contributed by atoms with Crippen LogP contribution >= 0.6 is 23.2 Å². The number of halogens is 3. The van der Waals surface area contributed by atoms with Gasteiger partial charge in [0, 0.05) is 22.7 Å². The van der Waals surface area contributed by atoms with Crippen LogP contribution in [-0.4, -0.2) is 5.43 Å². The number of ether oxygens (including phenoxy) is 1. The maximum Gasteiger partial charge on any atom is 0.409 e. The molecule has 12 heavy (non-hydrogen) atoms. The predicted molar refractivity (Wildman–Crippen MR) is 43.3 cm³/mol. The zero-order valence-electron chi connectivity index (χ0n) is 5.68. The first-order chi connectivity index (χ1) is 5.58. The van der Waals surface area contributed by atoms with Gasteiger partial charge in [-0.05, 0) is 12.1 Å². The van der Waals surface area contributed by atoms with Crippen LogP contribution < -0.4 is 4.74 Å². The molecular weight excluding hydrogens is 206 g/mol. The third kappa shape index (κ3) is 2.68. The number of benzene rings is 1. The van der Waals surface area contributed by atoms with Gasteiger partial charge in [-0.15, -0.1) is 0 Å². The van der Waals surface area contributed by atoms with Crippen LogP contribution in [0, 0.1) is 5.82 Å². The molecule has 0 saturated heterocycles. The Morgan fingerprint density at radius 1 is 1.42 bits per heavy atom. The highest BCUT2D eigenvalue weighted by molar-refractivity contribution is 6.61. The quantitative estimate of drug-likeness (QED) is 0.663. The van der Waals surface area contributed by atoms with Crippen molar-refractivity contribution in [2.45, 2.75) is 0 Å². The number of hydrogen-bond acceptors (Lipinski definition) is 2. The zero-order valence-corrected chi connectivity index (χ0v) is 7.19. The van der Waals surface area contributed by atoms with Crippen LogP contribution in [0.5, 0.6) is 5.75 Å². The smallest absolute Gasteiger partial charge is 0.409 e. The van der Waals surface area contributed by atoms with Crippen molar-refractivity contribution in [2.75, 3.05) is 0 Å². The zero-order chi connectivity index (χ0) is 9.14. The molecule has 0 N–H and O–H groups in total. The van der Waals surface area contributed by atoms with Crippen molar-refractivity contribution in [3.05, 3.63) is 29.0 Å². The summed E-state index contributed by atoms with van der Waals surface area (Å²) in [5.41, 5.74) is -1.03. The van der Waals surface area contributed by atoms with Crippen LogP contribution in [0.25, 0.3) is 0 Å². The van der Waals surface area contributed by atoms with E-state index in [4.69, 9.17) is 23.2 Å². The van der Waals surface area contributed by atoms with E-state index in [-0.39, 0.29) is 10.8 Å². The molecule has 0 aliphatic heterocycles. The van der Waals surface area contributed by atoms with Crippen molar-refractivity contribution in [2.24, 2.45) is 0 Å². The molecule has 0 bridgehead atoms. The minimum atomic E-state index is -1.03. The number of carbonyl (C=O) groups is 1. The van der Waals surface area contributed by atoms with Crippen molar-refractivity contribution in [3.8, 4) is 5.75 Å². The molecule has 0 aromatic heterocycles. The summed E-state index contributed by atoms with van der Waals surface area (Å²) in [6.07, 6.45) is 0. The second-order valence-electron chi connectivity index (χ2n) is 1.94. The lowest BCUT2D eigenvalue weighted by Gasteiger charge is -1.99. The van der Waals surface area contributed by atoms with Crippen LogP contribution in [0.1, 0.15) is 0 Å². The van der Waals surface area contributed by atoms with Crippen molar-refractivity contribution < 1.29 is 13.9 Å². The molecule has 0 radical (unpaired) electrons. The van der Waals surface area contributed by atoms with Gasteiger partial charge in [-0.2, -0.15) is 0 Å². The Morgan fingerprint density at radius 2 is 2.08 bits per heavy atom. The number of carbonyl (C=O) groups excluding carboxylic acids is 1. The predicted octanol–water partition coefficient (Wildman–Crippen LogP) is 3.22.